The molecule has 0 aliphatic heterocycles. The Bertz CT molecular complexity index is 563. The Morgan fingerprint density at radius 1 is 1.32 bits per heavy atom. The van der Waals surface area contributed by atoms with Gasteiger partial charge in [-0.2, -0.15) is 13.2 Å². The van der Waals surface area contributed by atoms with E-state index in [0.29, 0.717) is 35.8 Å². The molecule has 0 saturated carbocycles. The Kier molecular flexibility index (Phi) is 11.2. The van der Waals surface area contributed by atoms with E-state index in [1.807, 2.05) is 6.92 Å². The Labute approximate surface area is 173 Å². The molecule has 5 nitrogen and oxygen atoms in total. The van der Waals surface area contributed by atoms with Gasteiger partial charge in [0.2, 0.25) is 0 Å². The van der Waals surface area contributed by atoms with Crippen molar-refractivity contribution in [2.45, 2.75) is 19.6 Å². The molecule has 1 aromatic rings. The molecule has 2 N–H and O–H groups in total. The van der Waals surface area contributed by atoms with Crippen molar-refractivity contribution in [3.63, 3.8) is 0 Å². The van der Waals surface area contributed by atoms with Crippen molar-refractivity contribution in [1.82, 2.24) is 20.1 Å². The molecule has 11 heteroatoms. The third-order valence-electron chi connectivity index (χ3n) is 3.19. The number of likely N-dealkylation sites (N-methyl/N-ethyl adjacent to an activating group) is 1. The van der Waals surface area contributed by atoms with Gasteiger partial charge in [-0.1, -0.05) is 23.2 Å². The molecule has 1 heterocycles. The van der Waals surface area contributed by atoms with Crippen molar-refractivity contribution in [2.24, 2.45) is 12.0 Å². The molecule has 0 aromatic carbocycles. The zero-order valence-corrected chi connectivity index (χ0v) is 18.1. The van der Waals surface area contributed by atoms with E-state index < -0.39 is 12.7 Å². The standard InChI is InChI=1S/C14H22Cl2F3N5.HI/c1-4-20-13(21-5-6-23(2)9-14(17,18)19)22-8-10-7-11(15)12(16)24(10)3;/h7H,4-6,8-9H2,1-3H3,(H2,20,21,22);1H. The van der Waals surface area contributed by atoms with E-state index in [4.69, 9.17) is 23.2 Å². The second-order valence-corrected chi connectivity index (χ2v) is 6.07. The Balaban J connectivity index is 0.00000576. The number of rotatable bonds is 7. The number of nitrogens with zero attached hydrogens (tertiary/aromatic N) is 3. The number of alkyl halides is 3. The third kappa shape index (κ3) is 9.20. The lowest BCUT2D eigenvalue weighted by atomic mass is 10.4. The first-order chi connectivity index (χ1) is 11.1. The van der Waals surface area contributed by atoms with Crippen molar-refractivity contribution in [1.29, 1.82) is 0 Å². The van der Waals surface area contributed by atoms with Gasteiger partial charge in [0.25, 0.3) is 0 Å². The average molecular weight is 516 g/mol. The second kappa shape index (κ2) is 11.3. The van der Waals surface area contributed by atoms with Gasteiger partial charge in [-0.05, 0) is 20.0 Å². The minimum absolute atomic E-state index is 0. The molecule has 0 spiro atoms. The topological polar surface area (TPSA) is 44.6 Å². The molecule has 0 bridgehead atoms. The molecule has 1 aromatic heterocycles. The zero-order chi connectivity index (χ0) is 18.3. The summed E-state index contributed by atoms with van der Waals surface area (Å²) in [7, 11) is 3.21. The van der Waals surface area contributed by atoms with E-state index in [2.05, 4.69) is 15.6 Å². The lowest BCUT2D eigenvalue weighted by Crippen LogP contribution is -2.42. The lowest BCUT2D eigenvalue weighted by Gasteiger charge is -2.19. The summed E-state index contributed by atoms with van der Waals surface area (Å²) >= 11 is 12.0. The summed E-state index contributed by atoms with van der Waals surface area (Å²) in [6.45, 7) is 2.53. The number of aromatic nitrogens is 1. The molecule has 0 aliphatic rings. The minimum atomic E-state index is -4.20. The smallest absolute Gasteiger partial charge is 0.357 e. The van der Waals surface area contributed by atoms with Gasteiger partial charge in [0.1, 0.15) is 5.15 Å². The van der Waals surface area contributed by atoms with Crippen molar-refractivity contribution < 1.29 is 13.2 Å². The summed E-state index contributed by atoms with van der Waals surface area (Å²) < 4.78 is 38.5. The van der Waals surface area contributed by atoms with Crippen LogP contribution in [0.1, 0.15) is 12.6 Å². The largest absolute Gasteiger partial charge is 0.401 e. The molecule has 0 fully saturated rings. The number of hydrogen-bond donors (Lipinski definition) is 2. The number of nitrogens with one attached hydrogen (secondary N) is 2. The monoisotopic (exact) mass is 515 g/mol. The zero-order valence-electron chi connectivity index (χ0n) is 14.3. The van der Waals surface area contributed by atoms with Crippen LogP contribution in [0, 0.1) is 0 Å². The molecule has 25 heavy (non-hydrogen) atoms. The molecular weight excluding hydrogens is 493 g/mol. The first kappa shape index (κ1) is 24.6. The number of aliphatic imine (C=N–C) groups is 1. The van der Waals surface area contributed by atoms with Crippen molar-refractivity contribution in [3.8, 4) is 0 Å². The first-order valence-electron chi connectivity index (χ1n) is 7.41. The molecule has 0 atom stereocenters. The van der Waals surface area contributed by atoms with Crippen molar-refractivity contribution >= 4 is 53.1 Å². The SMILES string of the molecule is CCNC(=NCc1cc(Cl)c(Cl)n1C)NCCN(C)CC(F)(F)F.I. The van der Waals surface area contributed by atoms with Crippen LogP contribution in [0.3, 0.4) is 0 Å². The van der Waals surface area contributed by atoms with Crippen molar-refractivity contribution in [3.05, 3.63) is 21.9 Å². The maximum absolute atomic E-state index is 12.3. The molecule has 146 valence electrons. The molecule has 1 rings (SSSR count). The maximum Gasteiger partial charge on any atom is 0.401 e. The van der Waals surface area contributed by atoms with Gasteiger partial charge in [-0.3, -0.25) is 4.90 Å². The van der Waals surface area contributed by atoms with E-state index in [-0.39, 0.29) is 30.5 Å². The summed E-state index contributed by atoms with van der Waals surface area (Å²) in [5.41, 5.74) is 0.830. The first-order valence-corrected chi connectivity index (χ1v) is 8.16. The molecule has 0 saturated heterocycles. The van der Waals surface area contributed by atoms with Gasteiger partial charge in [0.05, 0.1) is 18.1 Å². The minimum Gasteiger partial charge on any atom is -0.357 e. The van der Waals surface area contributed by atoms with E-state index in [9.17, 15) is 13.2 Å². The van der Waals surface area contributed by atoms with Crippen LogP contribution in [0.15, 0.2) is 11.1 Å². The fraction of sp³-hybridized carbons (Fsp3) is 0.643. The molecule has 0 aliphatic carbocycles. The fourth-order valence-electron chi connectivity index (χ4n) is 1.99. The molecular formula is C14H23Cl2F3IN5. The number of guanidine groups is 1. The fourth-order valence-corrected chi connectivity index (χ4v) is 2.41. The molecule has 0 unspecified atom stereocenters. The highest BCUT2D eigenvalue weighted by Crippen LogP contribution is 2.25. The predicted octanol–water partition coefficient (Wildman–Crippen LogP) is 3.50. The summed E-state index contributed by atoms with van der Waals surface area (Å²) in [6.07, 6.45) is -4.20. The molecule has 0 radical (unpaired) electrons. The van der Waals surface area contributed by atoms with Crippen LogP contribution in [-0.2, 0) is 13.6 Å². The van der Waals surface area contributed by atoms with Gasteiger partial charge < -0.3 is 15.2 Å². The van der Waals surface area contributed by atoms with Gasteiger partial charge >= 0.3 is 6.18 Å². The summed E-state index contributed by atoms with van der Waals surface area (Å²) in [5, 5.41) is 6.93. The van der Waals surface area contributed by atoms with E-state index in [1.165, 1.54) is 11.9 Å². The van der Waals surface area contributed by atoms with Crippen LogP contribution in [0.5, 0.6) is 0 Å². The van der Waals surface area contributed by atoms with Gasteiger partial charge in [0, 0.05) is 32.4 Å². The van der Waals surface area contributed by atoms with Crippen LogP contribution >= 0.6 is 47.2 Å². The number of hydrogen-bond acceptors (Lipinski definition) is 2. The Hall–Kier alpha value is -0.390. The molecule has 0 amide bonds. The number of halogens is 6. The average Bonchev–Trinajstić information content (AvgIpc) is 2.70. The van der Waals surface area contributed by atoms with E-state index in [1.54, 1.807) is 17.7 Å². The van der Waals surface area contributed by atoms with Gasteiger partial charge in [-0.25, -0.2) is 4.99 Å². The van der Waals surface area contributed by atoms with Gasteiger partial charge in [-0.15, -0.1) is 24.0 Å². The maximum atomic E-state index is 12.3. The summed E-state index contributed by atoms with van der Waals surface area (Å²) in [6, 6.07) is 1.73. The predicted molar refractivity (Wildman–Crippen MR) is 107 cm³/mol. The second-order valence-electron chi connectivity index (χ2n) is 5.31. The van der Waals surface area contributed by atoms with Crippen LogP contribution in [0.2, 0.25) is 10.2 Å². The van der Waals surface area contributed by atoms with Crippen LogP contribution in [-0.4, -0.2) is 54.8 Å². The Morgan fingerprint density at radius 2 is 1.96 bits per heavy atom. The summed E-state index contributed by atoms with van der Waals surface area (Å²) in [5.74, 6) is 0.520. The lowest BCUT2D eigenvalue weighted by molar-refractivity contribution is -0.142. The summed E-state index contributed by atoms with van der Waals surface area (Å²) in [4.78, 5) is 5.59. The normalized spacial score (nSPS) is 12.3. The van der Waals surface area contributed by atoms with Crippen molar-refractivity contribution in [2.75, 3.05) is 33.2 Å². The quantitative estimate of drug-likeness (QED) is 0.332. The third-order valence-corrected chi connectivity index (χ3v) is 4.04. The Morgan fingerprint density at radius 3 is 2.44 bits per heavy atom. The van der Waals surface area contributed by atoms with Crippen LogP contribution in [0.4, 0.5) is 13.2 Å². The van der Waals surface area contributed by atoms with Crippen LogP contribution < -0.4 is 10.6 Å². The highest BCUT2D eigenvalue weighted by atomic mass is 127. The van der Waals surface area contributed by atoms with E-state index in [0.717, 1.165) is 5.69 Å². The highest BCUT2D eigenvalue weighted by molar-refractivity contribution is 14.0. The van der Waals surface area contributed by atoms with Gasteiger partial charge in [0.15, 0.2) is 5.96 Å². The highest BCUT2D eigenvalue weighted by Gasteiger charge is 2.28. The van der Waals surface area contributed by atoms with E-state index >= 15 is 0 Å². The van der Waals surface area contributed by atoms with Crippen LogP contribution in [0.25, 0.3) is 0 Å².